The average Bonchev–Trinajstić information content (AvgIpc) is 3.35. The number of aromatic nitrogens is 2. The number of ether oxygens (including phenoxy) is 1. The second kappa shape index (κ2) is 7.16. The van der Waals surface area contributed by atoms with Crippen LogP contribution in [-0.4, -0.2) is 33.5 Å². The van der Waals surface area contributed by atoms with E-state index in [0.29, 0.717) is 29.9 Å². The van der Waals surface area contributed by atoms with Gasteiger partial charge in [-0.3, -0.25) is 14.9 Å². The van der Waals surface area contributed by atoms with Gasteiger partial charge >= 0.3 is 0 Å². The van der Waals surface area contributed by atoms with Crippen molar-refractivity contribution in [2.75, 3.05) is 6.61 Å². The summed E-state index contributed by atoms with van der Waals surface area (Å²) < 4.78 is 5.47. The molecule has 0 saturated carbocycles. The lowest BCUT2D eigenvalue weighted by Gasteiger charge is -2.19. The van der Waals surface area contributed by atoms with Gasteiger partial charge in [-0.05, 0) is 24.5 Å². The van der Waals surface area contributed by atoms with E-state index in [1.54, 1.807) is 6.07 Å². The molecular formula is C19H18N4O4. The summed E-state index contributed by atoms with van der Waals surface area (Å²) >= 11 is 0. The number of carbonyl (C=O) groups excluding carboxylic acids is 1. The highest BCUT2D eigenvalue weighted by molar-refractivity contribution is 5.82. The minimum atomic E-state index is -0.505. The molecule has 3 aromatic rings. The first-order valence-electron chi connectivity index (χ1n) is 8.73. The number of nitro groups is 1. The SMILES string of the molecule is O=C(NC(c1ccccc1)c1nc2ccc([N+](=O)[O-])cc2[nH]1)C1CCCO1. The third-order valence-corrected chi connectivity index (χ3v) is 4.61. The van der Waals surface area contributed by atoms with Gasteiger partial charge < -0.3 is 15.0 Å². The molecule has 0 radical (unpaired) electrons. The Labute approximate surface area is 154 Å². The van der Waals surface area contributed by atoms with Crippen molar-refractivity contribution in [1.29, 1.82) is 0 Å². The second-order valence-corrected chi connectivity index (χ2v) is 6.43. The largest absolute Gasteiger partial charge is 0.368 e. The fourth-order valence-corrected chi connectivity index (χ4v) is 3.24. The van der Waals surface area contributed by atoms with E-state index in [9.17, 15) is 14.9 Å². The number of imidazole rings is 1. The van der Waals surface area contributed by atoms with Gasteiger partial charge in [0.15, 0.2) is 0 Å². The van der Waals surface area contributed by atoms with E-state index < -0.39 is 17.1 Å². The summed E-state index contributed by atoms with van der Waals surface area (Å²) in [5.41, 5.74) is 1.99. The van der Waals surface area contributed by atoms with E-state index >= 15 is 0 Å². The summed E-state index contributed by atoms with van der Waals surface area (Å²) in [5.74, 6) is 0.329. The molecule has 8 nitrogen and oxygen atoms in total. The second-order valence-electron chi connectivity index (χ2n) is 6.43. The van der Waals surface area contributed by atoms with E-state index in [2.05, 4.69) is 15.3 Å². The fourth-order valence-electron chi connectivity index (χ4n) is 3.24. The van der Waals surface area contributed by atoms with Crippen LogP contribution in [0.15, 0.2) is 48.5 Å². The topological polar surface area (TPSA) is 110 Å². The highest BCUT2D eigenvalue weighted by Crippen LogP contribution is 2.25. The number of nitrogens with zero attached hydrogens (tertiary/aromatic N) is 2. The summed E-state index contributed by atoms with van der Waals surface area (Å²) in [6, 6.07) is 13.4. The molecule has 8 heteroatoms. The molecular weight excluding hydrogens is 348 g/mol. The number of carbonyl (C=O) groups is 1. The fraction of sp³-hybridized carbons (Fsp3) is 0.263. The van der Waals surface area contributed by atoms with Crippen LogP contribution in [0.5, 0.6) is 0 Å². The quantitative estimate of drug-likeness (QED) is 0.533. The first-order chi connectivity index (χ1) is 13.1. The molecule has 1 aliphatic rings. The van der Waals surface area contributed by atoms with Gasteiger partial charge in [-0.25, -0.2) is 4.98 Å². The van der Waals surface area contributed by atoms with Gasteiger partial charge in [0.25, 0.3) is 5.69 Å². The van der Waals surface area contributed by atoms with E-state index in [1.165, 1.54) is 12.1 Å². The first-order valence-corrected chi connectivity index (χ1v) is 8.73. The lowest BCUT2D eigenvalue weighted by molar-refractivity contribution is -0.384. The Balaban J connectivity index is 1.70. The minimum absolute atomic E-state index is 0.0163. The van der Waals surface area contributed by atoms with Crippen LogP contribution in [0, 0.1) is 10.1 Å². The first kappa shape index (κ1) is 17.2. The molecule has 0 aliphatic carbocycles. The molecule has 138 valence electrons. The number of hydrogen-bond acceptors (Lipinski definition) is 5. The number of aromatic amines is 1. The van der Waals surface area contributed by atoms with Crippen molar-refractivity contribution in [3.05, 3.63) is 70.0 Å². The monoisotopic (exact) mass is 366 g/mol. The van der Waals surface area contributed by atoms with Crippen molar-refractivity contribution >= 4 is 22.6 Å². The third-order valence-electron chi connectivity index (χ3n) is 4.61. The third kappa shape index (κ3) is 3.52. The van der Waals surface area contributed by atoms with E-state index in [4.69, 9.17) is 4.74 Å². The van der Waals surface area contributed by atoms with Crippen molar-refractivity contribution < 1.29 is 14.5 Å². The van der Waals surface area contributed by atoms with Crippen LogP contribution < -0.4 is 5.32 Å². The number of fused-ring (bicyclic) bond motifs is 1. The van der Waals surface area contributed by atoms with Crippen LogP contribution in [0.2, 0.25) is 0 Å². The van der Waals surface area contributed by atoms with Gasteiger partial charge in [0.2, 0.25) is 5.91 Å². The normalized spacial score (nSPS) is 17.7. The zero-order chi connectivity index (χ0) is 18.8. The number of nitro benzene ring substituents is 1. The van der Waals surface area contributed by atoms with Crippen LogP contribution in [-0.2, 0) is 9.53 Å². The Morgan fingerprint density at radius 2 is 2.11 bits per heavy atom. The Hall–Kier alpha value is -3.26. The van der Waals surface area contributed by atoms with Crippen molar-refractivity contribution in [3.8, 4) is 0 Å². The minimum Gasteiger partial charge on any atom is -0.368 e. The molecule has 1 aliphatic heterocycles. The van der Waals surface area contributed by atoms with Crippen LogP contribution in [0.1, 0.15) is 30.3 Å². The van der Waals surface area contributed by atoms with Crippen molar-refractivity contribution in [3.63, 3.8) is 0 Å². The maximum atomic E-state index is 12.6. The summed E-state index contributed by atoms with van der Waals surface area (Å²) in [5, 5.41) is 14.0. The van der Waals surface area contributed by atoms with Gasteiger partial charge in [0, 0.05) is 18.7 Å². The number of nitrogens with one attached hydrogen (secondary N) is 2. The molecule has 2 aromatic carbocycles. The molecule has 1 fully saturated rings. The number of benzene rings is 2. The number of H-pyrrole nitrogens is 1. The van der Waals surface area contributed by atoms with Gasteiger partial charge in [-0.15, -0.1) is 0 Å². The molecule has 0 spiro atoms. The highest BCUT2D eigenvalue weighted by Gasteiger charge is 2.28. The van der Waals surface area contributed by atoms with Crippen LogP contribution in [0.25, 0.3) is 11.0 Å². The summed E-state index contributed by atoms with van der Waals surface area (Å²) in [7, 11) is 0. The summed E-state index contributed by atoms with van der Waals surface area (Å²) in [6.07, 6.45) is 1.10. The van der Waals surface area contributed by atoms with Crippen LogP contribution >= 0.6 is 0 Å². The van der Waals surface area contributed by atoms with Gasteiger partial charge in [-0.1, -0.05) is 30.3 Å². The lowest BCUT2D eigenvalue weighted by Crippen LogP contribution is -2.37. The summed E-state index contributed by atoms with van der Waals surface area (Å²) in [4.78, 5) is 30.8. The zero-order valence-corrected chi connectivity index (χ0v) is 14.4. The van der Waals surface area contributed by atoms with Gasteiger partial charge in [0.05, 0.1) is 16.0 Å². The molecule has 1 aromatic heterocycles. The molecule has 1 saturated heterocycles. The van der Waals surface area contributed by atoms with E-state index in [-0.39, 0.29) is 11.6 Å². The maximum Gasteiger partial charge on any atom is 0.271 e. The van der Waals surface area contributed by atoms with E-state index in [1.807, 2.05) is 30.3 Å². The molecule has 1 amide bonds. The Morgan fingerprint density at radius 1 is 1.30 bits per heavy atom. The molecule has 2 N–H and O–H groups in total. The average molecular weight is 366 g/mol. The molecule has 4 rings (SSSR count). The zero-order valence-electron chi connectivity index (χ0n) is 14.4. The highest BCUT2D eigenvalue weighted by atomic mass is 16.6. The molecule has 2 unspecified atom stereocenters. The van der Waals surface area contributed by atoms with Crippen molar-refractivity contribution in [2.24, 2.45) is 0 Å². The molecule has 27 heavy (non-hydrogen) atoms. The number of rotatable bonds is 5. The van der Waals surface area contributed by atoms with Gasteiger partial charge in [0.1, 0.15) is 18.0 Å². The Bertz CT molecular complexity index is 980. The molecule has 2 atom stereocenters. The number of hydrogen-bond donors (Lipinski definition) is 2. The maximum absolute atomic E-state index is 12.6. The molecule has 0 bridgehead atoms. The van der Waals surface area contributed by atoms with E-state index in [0.717, 1.165) is 12.0 Å². The van der Waals surface area contributed by atoms with Crippen molar-refractivity contribution in [1.82, 2.24) is 15.3 Å². The van der Waals surface area contributed by atoms with Gasteiger partial charge in [-0.2, -0.15) is 0 Å². The predicted octanol–water partition coefficient (Wildman–Crippen LogP) is 2.86. The Kier molecular flexibility index (Phi) is 4.55. The Morgan fingerprint density at radius 3 is 2.81 bits per heavy atom. The predicted molar refractivity (Wildman–Crippen MR) is 98.1 cm³/mol. The number of non-ortho nitro benzene ring substituents is 1. The van der Waals surface area contributed by atoms with Crippen LogP contribution in [0.3, 0.4) is 0 Å². The standard InChI is InChI=1S/C19H18N4O4/c24-19(16-7-4-10-27-16)22-17(12-5-2-1-3-6-12)18-20-14-9-8-13(23(25)26)11-15(14)21-18/h1-3,5-6,8-9,11,16-17H,4,7,10H2,(H,20,21)(H,22,24). The van der Waals surface area contributed by atoms with Crippen LogP contribution in [0.4, 0.5) is 5.69 Å². The smallest absolute Gasteiger partial charge is 0.271 e. The molecule has 2 heterocycles. The number of amides is 1. The van der Waals surface area contributed by atoms with Crippen molar-refractivity contribution in [2.45, 2.75) is 25.0 Å². The summed E-state index contributed by atoms with van der Waals surface area (Å²) in [6.45, 7) is 0.586. The lowest BCUT2D eigenvalue weighted by atomic mass is 10.1.